The van der Waals surface area contributed by atoms with Crippen molar-refractivity contribution in [3.8, 4) is 0 Å². The third-order valence-electron chi connectivity index (χ3n) is 5.17. The first-order chi connectivity index (χ1) is 14.1. The lowest BCUT2D eigenvalue weighted by molar-refractivity contribution is -0.251. The summed E-state index contributed by atoms with van der Waals surface area (Å²) in [7, 11) is 0. The van der Waals surface area contributed by atoms with Crippen LogP contribution in [-0.4, -0.2) is 73.5 Å². The summed E-state index contributed by atoms with van der Waals surface area (Å²) in [5, 5.41) is 3.85. The zero-order chi connectivity index (χ0) is 21.7. The lowest BCUT2D eigenvalue weighted by atomic mass is 10.1. The maximum Gasteiger partial charge on any atom is 0.360 e. The van der Waals surface area contributed by atoms with Crippen LogP contribution in [0.3, 0.4) is 0 Å². The molecule has 0 amide bonds. The minimum Gasteiger partial charge on any atom is -0.461 e. The lowest BCUT2D eigenvalue weighted by Gasteiger charge is -2.31. The van der Waals surface area contributed by atoms with Crippen molar-refractivity contribution in [2.75, 3.05) is 13.2 Å². The number of hydrogen-bond donors (Lipinski definition) is 0. The number of rotatable bonds is 5. The minimum absolute atomic E-state index is 0.0853. The van der Waals surface area contributed by atoms with E-state index >= 15 is 0 Å². The van der Waals surface area contributed by atoms with E-state index in [-0.39, 0.29) is 18.4 Å². The molecule has 0 aromatic carbocycles. The first-order valence-electron chi connectivity index (χ1n) is 10.2. The smallest absolute Gasteiger partial charge is 0.360 e. The largest absolute Gasteiger partial charge is 0.461 e. The van der Waals surface area contributed by atoms with E-state index in [1.54, 1.807) is 19.9 Å². The average molecular weight is 427 g/mol. The van der Waals surface area contributed by atoms with Gasteiger partial charge in [0.2, 0.25) is 6.29 Å². The molecule has 0 N–H and O–H groups in total. The summed E-state index contributed by atoms with van der Waals surface area (Å²) in [6.07, 6.45) is -1.74. The fourth-order valence-corrected chi connectivity index (χ4v) is 3.91. The molecular formula is C20H29NO9. The van der Waals surface area contributed by atoms with Gasteiger partial charge in [0.15, 0.2) is 23.6 Å². The van der Waals surface area contributed by atoms with Crippen LogP contribution in [-0.2, 0) is 42.8 Å². The number of fused-ring (bicyclic) bond motifs is 1. The van der Waals surface area contributed by atoms with E-state index in [4.69, 9.17) is 38.0 Å². The predicted molar refractivity (Wildman–Crippen MR) is 101 cm³/mol. The molecule has 0 aliphatic carbocycles. The Balaban J connectivity index is 1.50. The number of hydrogen-bond acceptors (Lipinski definition) is 10. The Labute approximate surface area is 175 Å². The highest BCUT2D eigenvalue weighted by Crippen LogP contribution is 2.42. The summed E-state index contributed by atoms with van der Waals surface area (Å²) < 4.78 is 40.9. The van der Waals surface area contributed by atoms with Crippen LogP contribution in [0.2, 0.25) is 0 Å². The molecule has 0 radical (unpaired) electrons. The first kappa shape index (κ1) is 21.7. The monoisotopic (exact) mass is 427 g/mol. The summed E-state index contributed by atoms with van der Waals surface area (Å²) in [4.78, 5) is 17.4. The second-order valence-electron chi connectivity index (χ2n) is 8.56. The Morgan fingerprint density at radius 2 is 1.93 bits per heavy atom. The van der Waals surface area contributed by atoms with E-state index in [2.05, 4.69) is 5.16 Å². The van der Waals surface area contributed by atoms with Crippen molar-refractivity contribution in [2.24, 2.45) is 5.16 Å². The number of carbonyl (C=O) groups is 1. The molecule has 4 aliphatic rings. The van der Waals surface area contributed by atoms with Crippen molar-refractivity contribution in [2.45, 2.75) is 90.1 Å². The standard InChI is InChI=1S/C20H29NO9/c1-7-23-16(22)11-8-10(2)17(30-21-11)26-14-13(12-9-24-19(3,4)27-12)25-18-15(14)28-20(5,6)29-18/h8,12-15,17-18H,7,9H2,1-6H3/t12-,13-,14+,15-,17+,18-/m1/s1. The number of esters is 1. The van der Waals surface area contributed by atoms with Gasteiger partial charge < -0.3 is 38.0 Å². The van der Waals surface area contributed by atoms with E-state index < -0.39 is 48.4 Å². The molecule has 0 aromatic heterocycles. The van der Waals surface area contributed by atoms with Crippen LogP contribution in [0.5, 0.6) is 0 Å². The Morgan fingerprint density at radius 1 is 1.17 bits per heavy atom. The topological polar surface area (TPSA) is 103 Å². The molecule has 4 heterocycles. The predicted octanol–water partition coefficient (Wildman–Crippen LogP) is 1.62. The highest BCUT2D eigenvalue weighted by molar-refractivity contribution is 6.41. The molecule has 30 heavy (non-hydrogen) atoms. The third-order valence-corrected chi connectivity index (χ3v) is 5.17. The van der Waals surface area contributed by atoms with E-state index in [0.29, 0.717) is 12.2 Å². The highest BCUT2D eigenvalue weighted by atomic mass is 16.9. The molecule has 10 heteroatoms. The van der Waals surface area contributed by atoms with Crippen molar-refractivity contribution >= 4 is 11.7 Å². The molecule has 3 saturated heterocycles. The van der Waals surface area contributed by atoms with Gasteiger partial charge in [-0.3, -0.25) is 0 Å². The van der Waals surface area contributed by atoms with Gasteiger partial charge in [0.05, 0.1) is 13.2 Å². The summed E-state index contributed by atoms with van der Waals surface area (Å²) in [5.41, 5.74) is 0.750. The first-order valence-corrected chi connectivity index (χ1v) is 10.2. The van der Waals surface area contributed by atoms with Crippen molar-refractivity contribution in [1.82, 2.24) is 0 Å². The number of ether oxygens (including phenoxy) is 7. The molecule has 168 valence electrons. The number of carbonyl (C=O) groups excluding carboxylic acids is 1. The quantitative estimate of drug-likeness (QED) is 0.606. The fourth-order valence-electron chi connectivity index (χ4n) is 3.91. The molecule has 0 aromatic rings. The van der Waals surface area contributed by atoms with Gasteiger partial charge in [-0.15, -0.1) is 0 Å². The Morgan fingerprint density at radius 3 is 2.57 bits per heavy atom. The fraction of sp³-hybridized carbons (Fsp3) is 0.800. The minimum atomic E-state index is -0.819. The second-order valence-corrected chi connectivity index (χ2v) is 8.56. The normalized spacial score (nSPS) is 39.1. The van der Waals surface area contributed by atoms with E-state index in [9.17, 15) is 4.79 Å². The van der Waals surface area contributed by atoms with Gasteiger partial charge >= 0.3 is 5.97 Å². The number of nitrogens with zero attached hydrogens (tertiary/aromatic N) is 1. The van der Waals surface area contributed by atoms with Crippen LogP contribution in [0.4, 0.5) is 0 Å². The SMILES string of the molecule is CCOC(=O)C1=NO[C@H](O[C@@H]2[C@H]3OC(C)(C)O[C@H]3O[C@@H]2[C@H]2COC(C)(C)O2)C(C)=C1. The van der Waals surface area contributed by atoms with Crippen LogP contribution < -0.4 is 0 Å². The summed E-state index contributed by atoms with van der Waals surface area (Å²) in [6, 6.07) is 0. The van der Waals surface area contributed by atoms with E-state index in [1.165, 1.54) is 0 Å². The molecule has 6 atom stereocenters. The molecular weight excluding hydrogens is 398 g/mol. The summed E-state index contributed by atoms with van der Waals surface area (Å²) in [6.45, 7) is 11.4. The van der Waals surface area contributed by atoms with Crippen molar-refractivity contribution in [1.29, 1.82) is 0 Å². The highest BCUT2D eigenvalue weighted by Gasteiger charge is 2.59. The summed E-state index contributed by atoms with van der Waals surface area (Å²) in [5.74, 6) is -2.07. The van der Waals surface area contributed by atoms with Gasteiger partial charge in [0, 0.05) is 0 Å². The van der Waals surface area contributed by atoms with E-state index in [1.807, 2.05) is 27.7 Å². The molecule has 3 fully saturated rings. The third kappa shape index (κ3) is 4.25. The van der Waals surface area contributed by atoms with Gasteiger partial charge in [-0.25, -0.2) is 4.79 Å². The van der Waals surface area contributed by atoms with Gasteiger partial charge in [-0.1, -0.05) is 5.16 Å². The van der Waals surface area contributed by atoms with Crippen LogP contribution in [0.25, 0.3) is 0 Å². The Bertz CT molecular complexity index is 747. The summed E-state index contributed by atoms with van der Waals surface area (Å²) >= 11 is 0. The Kier molecular flexibility index (Phi) is 5.67. The molecule has 0 bridgehead atoms. The zero-order valence-corrected chi connectivity index (χ0v) is 18.1. The van der Waals surface area contributed by atoms with Crippen molar-refractivity contribution < 1.29 is 42.8 Å². The van der Waals surface area contributed by atoms with Gasteiger partial charge in [-0.2, -0.15) is 0 Å². The zero-order valence-electron chi connectivity index (χ0n) is 18.1. The second kappa shape index (κ2) is 7.85. The van der Waals surface area contributed by atoms with Crippen molar-refractivity contribution in [3.63, 3.8) is 0 Å². The molecule has 0 spiro atoms. The molecule has 10 nitrogen and oxygen atoms in total. The maximum atomic E-state index is 11.9. The van der Waals surface area contributed by atoms with E-state index in [0.717, 1.165) is 0 Å². The average Bonchev–Trinajstić information content (AvgIpc) is 3.26. The molecule has 4 aliphatic heterocycles. The van der Waals surface area contributed by atoms with Crippen molar-refractivity contribution in [3.05, 3.63) is 11.6 Å². The lowest BCUT2D eigenvalue weighted by Crippen LogP contribution is -2.46. The van der Waals surface area contributed by atoms with Crippen LogP contribution in [0.1, 0.15) is 41.5 Å². The van der Waals surface area contributed by atoms with Gasteiger partial charge in [0.25, 0.3) is 0 Å². The molecule has 4 rings (SSSR count). The maximum absolute atomic E-state index is 11.9. The number of oxime groups is 1. The van der Waals surface area contributed by atoms with Gasteiger partial charge in [0.1, 0.15) is 24.4 Å². The van der Waals surface area contributed by atoms with Crippen LogP contribution in [0, 0.1) is 0 Å². The van der Waals surface area contributed by atoms with Crippen LogP contribution >= 0.6 is 0 Å². The van der Waals surface area contributed by atoms with Gasteiger partial charge in [-0.05, 0) is 53.2 Å². The van der Waals surface area contributed by atoms with Crippen LogP contribution in [0.15, 0.2) is 16.8 Å². The Hall–Kier alpha value is -1.56. The molecule has 0 unspecified atom stereocenters. The molecule has 0 saturated carbocycles.